The number of nitrogens with zero attached hydrogens (tertiary/aromatic N) is 5. The van der Waals surface area contributed by atoms with Crippen LogP contribution in [0.5, 0.6) is 0 Å². The van der Waals surface area contributed by atoms with Gasteiger partial charge in [0.2, 0.25) is 0 Å². The van der Waals surface area contributed by atoms with Crippen molar-refractivity contribution in [3.8, 4) is 34.3 Å². The maximum atomic E-state index is 10.2. The van der Waals surface area contributed by atoms with Crippen molar-refractivity contribution < 1.29 is 0 Å². The van der Waals surface area contributed by atoms with Gasteiger partial charge in [0, 0.05) is 54.8 Å². The highest BCUT2D eigenvalue weighted by atomic mass is 15.0. The van der Waals surface area contributed by atoms with Gasteiger partial charge in [-0.05, 0) is 72.3 Å². The molecule has 5 heteroatoms. The Balaban J connectivity index is 1.18. The summed E-state index contributed by atoms with van der Waals surface area (Å²) >= 11 is 0. The minimum atomic E-state index is 0.591. The highest BCUT2D eigenvalue weighted by Crippen LogP contribution is 2.41. The van der Waals surface area contributed by atoms with E-state index in [4.69, 9.17) is 6.57 Å². The summed E-state index contributed by atoms with van der Waals surface area (Å²) in [5, 5.41) is 17.2. The van der Waals surface area contributed by atoms with Crippen LogP contribution in [0.15, 0.2) is 176 Å². The minimum Gasteiger partial charge on any atom is -0.310 e. The monoisotopic (exact) mass is 699 g/mol. The van der Waals surface area contributed by atoms with E-state index in [1.807, 2.05) is 24.3 Å². The Morgan fingerprint density at radius 3 is 1.53 bits per heavy atom. The summed E-state index contributed by atoms with van der Waals surface area (Å²) in [6.45, 7) is 7.73. The van der Waals surface area contributed by atoms with Crippen LogP contribution >= 0.6 is 0 Å². The molecule has 0 radical (unpaired) electrons. The molecule has 0 unspecified atom stereocenters. The van der Waals surface area contributed by atoms with E-state index in [2.05, 4.69) is 176 Å². The van der Waals surface area contributed by atoms with Crippen molar-refractivity contribution in [3.05, 3.63) is 193 Å². The lowest BCUT2D eigenvalue weighted by Crippen LogP contribution is -2.00. The van der Waals surface area contributed by atoms with Crippen LogP contribution in [0.2, 0.25) is 0 Å². The Kier molecular flexibility index (Phi) is 6.61. The molecule has 0 N–H and O–H groups in total. The highest BCUT2D eigenvalue weighted by Gasteiger charge is 2.20. The van der Waals surface area contributed by atoms with Gasteiger partial charge in [-0.15, -0.1) is 0 Å². The first-order valence-corrected chi connectivity index (χ1v) is 18.3. The molecule has 0 amide bonds. The number of fused-ring (bicyclic) bond motifs is 9. The highest BCUT2D eigenvalue weighted by molar-refractivity contribution is 6.13. The summed E-state index contributed by atoms with van der Waals surface area (Å²) in [5.74, 6) is 0. The van der Waals surface area contributed by atoms with Gasteiger partial charge in [-0.1, -0.05) is 109 Å². The van der Waals surface area contributed by atoms with E-state index in [-0.39, 0.29) is 0 Å². The van der Waals surface area contributed by atoms with Gasteiger partial charge in [0.05, 0.1) is 51.5 Å². The van der Waals surface area contributed by atoms with E-state index in [0.29, 0.717) is 11.3 Å². The van der Waals surface area contributed by atoms with Crippen molar-refractivity contribution in [3.63, 3.8) is 0 Å². The number of nitriles is 1. The Labute approximate surface area is 316 Å². The summed E-state index contributed by atoms with van der Waals surface area (Å²) in [6.07, 6.45) is 0. The Morgan fingerprint density at radius 1 is 0.418 bits per heavy atom. The van der Waals surface area contributed by atoms with Gasteiger partial charge in [0.1, 0.15) is 0 Å². The molecule has 0 fully saturated rings. The molecule has 0 bridgehead atoms. The van der Waals surface area contributed by atoms with Crippen LogP contribution in [0.3, 0.4) is 0 Å². The Hall–Kier alpha value is -7.86. The molecular formula is C50H29N5. The molecule has 11 aromatic rings. The maximum absolute atomic E-state index is 10.2. The average Bonchev–Trinajstić information content (AvgIpc) is 3.88. The third-order valence-electron chi connectivity index (χ3n) is 11.1. The first kappa shape index (κ1) is 30.7. The van der Waals surface area contributed by atoms with Crippen LogP contribution in [-0.4, -0.2) is 13.7 Å². The van der Waals surface area contributed by atoms with Crippen LogP contribution < -0.4 is 0 Å². The molecule has 11 rings (SSSR count). The topological polar surface area (TPSA) is 42.9 Å². The Morgan fingerprint density at radius 2 is 0.927 bits per heavy atom. The molecule has 0 aliphatic rings. The standard InChI is InChI=1S/C50H29N5/c1-52-34-22-25-42-40-15-4-8-19-46(40)54(49(42)29-34)35-12-10-11-33(28-35)37-24-21-32(31-51)27-48(37)55-47-20-9-5-16-41(47)43-26-23-36(30-50(43)55)53-44-17-6-2-13-38(44)39-14-3-7-18-45(39)53/h2-30H. The van der Waals surface area contributed by atoms with Crippen LogP contribution in [0.4, 0.5) is 5.69 Å². The molecule has 0 saturated carbocycles. The second-order valence-corrected chi connectivity index (χ2v) is 14.0. The number of hydrogen-bond donors (Lipinski definition) is 0. The van der Waals surface area contributed by atoms with Gasteiger partial charge in [-0.3, -0.25) is 0 Å². The molecule has 0 atom stereocenters. The van der Waals surface area contributed by atoms with E-state index >= 15 is 0 Å². The molecular weight excluding hydrogens is 671 g/mol. The molecule has 5 nitrogen and oxygen atoms in total. The van der Waals surface area contributed by atoms with Crippen LogP contribution in [0.25, 0.3) is 98.5 Å². The normalized spacial score (nSPS) is 11.6. The van der Waals surface area contributed by atoms with Crippen molar-refractivity contribution in [1.82, 2.24) is 13.7 Å². The van der Waals surface area contributed by atoms with E-state index in [1.54, 1.807) is 0 Å². The lowest BCUT2D eigenvalue weighted by molar-refractivity contribution is 1.15. The second kappa shape index (κ2) is 11.8. The fourth-order valence-electron chi connectivity index (χ4n) is 8.71. The predicted molar refractivity (Wildman–Crippen MR) is 226 cm³/mol. The molecule has 55 heavy (non-hydrogen) atoms. The van der Waals surface area contributed by atoms with Crippen LogP contribution in [0.1, 0.15) is 5.56 Å². The number of aromatic nitrogens is 3. The largest absolute Gasteiger partial charge is 0.310 e. The average molecular weight is 700 g/mol. The molecule has 0 aliphatic carbocycles. The van der Waals surface area contributed by atoms with Gasteiger partial charge < -0.3 is 13.7 Å². The van der Waals surface area contributed by atoms with E-state index in [1.165, 1.54) is 10.8 Å². The summed E-state index contributed by atoms with van der Waals surface area (Å²) in [6, 6.07) is 63.8. The van der Waals surface area contributed by atoms with Crippen LogP contribution in [-0.2, 0) is 0 Å². The van der Waals surface area contributed by atoms with E-state index in [9.17, 15) is 5.26 Å². The molecule has 0 spiro atoms. The zero-order valence-electron chi connectivity index (χ0n) is 29.5. The minimum absolute atomic E-state index is 0.591. The van der Waals surface area contributed by atoms with Gasteiger partial charge >= 0.3 is 0 Å². The zero-order chi connectivity index (χ0) is 36.6. The smallest absolute Gasteiger partial charge is 0.189 e. The molecule has 3 heterocycles. The first-order valence-electron chi connectivity index (χ1n) is 18.3. The van der Waals surface area contributed by atoms with E-state index < -0.39 is 0 Å². The number of para-hydroxylation sites is 4. The van der Waals surface area contributed by atoms with E-state index in [0.717, 1.165) is 82.8 Å². The number of rotatable bonds is 4. The summed E-state index contributed by atoms with van der Waals surface area (Å²) in [7, 11) is 0. The third-order valence-corrected chi connectivity index (χ3v) is 11.1. The van der Waals surface area contributed by atoms with Crippen molar-refractivity contribution in [2.45, 2.75) is 0 Å². The van der Waals surface area contributed by atoms with Gasteiger partial charge in [0.15, 0.2) is 5.69 Å². The summed E-state index contributed by atoms with van der Waals surface area (Å²) in [5.41, 5.74) is 12.7. The fourth-order valence-corrected chi connectivity index (χ4v) is 8.71. The maximum Gasteiger partial charge on any atom is 0.189 e. The molecule has 8 aromatic carbocycles. The number of hydrogen-bond acceptors (Lipinski definition) is 1. The molecule has 3 aromatic heterocycles. The lowest BCUT2D eigenvalue weighted by Gasteiger charge is -2.17. The predicted octanol–water partition coefficient (Wildman–Crippen LogP) is 13.1. The van der Waals surface area contributed by atoms with Gasteiger partial charge in [0.25, 0.3) is 0 Å². The molecule has 0 aliphatic heterocycles. The van der Waals surface area contributed by atoms with Crippen molar-refractivity contribution in [1.29, 1.82) is 5.26 Å². The zero-order valence-corrected chi connectivity index (χ0v) is 29.5. The quantitative estimate of drug-likeness (QED) is 0.169. The van der Waals surface area contributed by atoms with Crippen LogP contribution in [0, 0.1) is 17.9 Å². The van der Waals surface area contributed by atoms with Crippen molar-refractivity contribution in [2.24, 2.45) is 0 Å². The molecule has 0 saturated heterocycles. The number of benzene rings is 8. The second-order valence-electron chi connectivity index (χ2n) is 14.0. The first-order chi connectivity index (χ1) is 27.2. The van der Waals surface area contributed by atoms with Crippen molar-refractivity contribution >= 4 is 71.1 Å². The lowest BCUT2D eigenvalue weighted by atomic mass is 10.0. The third kappa shape index (κ3) is 4.51. The summed E-state index contributed by atoms with van der Waals surface area (Å²) < 4.78 is 6.94. The SMILES string of the molecule is [C-]#[N+]c1ccc2c3ccccc3n(-c3cccc(-c4ccc(C#N)cc4-n4c5ccccc5c5ccc(-n6c7ccccc7c7ccccc76)cc54)c3)c2c1. The fraction of sp³-hybridized carbons (Fsp3) is 0. The summed E-state index contributed by atoms with van der Waals surface area (Å²) in [4.78, 5) is 3.76. The Bertz CT molecular complexity index is 3420. The van der Waals surface area contributed by atoms with Gasteiger partial charge in [-0.25, -0.2) is 4.85 Å². The van der Waals surface area contributed by atoms with Crippen molar-refractivity contribution in [2.75, 3.05) is 0 Å². The van der Waals surface area contributed by atoms with Gasteiger partial charge in [-0.2, -0.15) is 5.26 Å². The molecule has 254 valence electrons.